The van der Waals surface area contributed by atoms with Crippen molar-refractivity contribution in [3.63, 3.8) is 0 Å². The summed E-state index contributed by atoms with van der Waals surface area (Å²) in [6, 6.07) is 9.73. The first-order chi connectivity index (χ1) is 12.1. The molecule has 0 unspecified atom stereocenters. The van der Waals surface area contributed by atoms with Gasteiger partial charge in [-0.1, -0.05) is 42.2 Å². The van der Waals surface area contributed by atoms with Gasteiger partial charge in [-0.05, 0) is 29.3 Å². The summed E-state index contributed by atoms with van der Waals surface area (Å²) in [5.74, 6) is 0.0464. The summed E-state index contributed by atoms with van der Waals surface area (Å²) in [4.78, 5) is 24.9. The molecule has 3 heterocycles. The zero-order chi connectivity index (χ0) is 17.4. The first kappa shape index (κ1) is 15.7. The maximum absolute atomic E-state index is 11.8. The number of nitrogens with two attached hydrogens (primary N) is 1. The van der Waals surface area contributed by atoms with E-state index in [1.54, 1.807) is 12.4 Å². The Bertz CT molecular complexity index is 1060. The number of carbonyl (C=O) groups excluding carboxylic acids is 1. The number of nitrogens with zero attached hydrogens (tertiary/aromatic N) is 3. The first-order valence-corrected chi connectivity index (χ1v) is 8.54. The van der Waals surface area contributed by atoms with Crippen molar-refractivity contribution < 1.29 is 4.79 Å². The molecule has 0 aliphatic carbocycles. The van der Waals surface area contributed by atoms with Crippen molar-refractivity contribution in [1.82, 2.24) is 20.3 Å². The van der Waals surface area contributed by atoms with Crippen LogP contribution < -0.4 is 11.1 Å². The van der Waals surface area contributed by atoms with Crippen LogP contribution in [0.15, 0.2) is 47.6 Å². The predicted octanol–water partition coefficient (Wildman–Crippen LogP) is 2.76. The third-order valence-corrected chi connectivity index (χ3v) is 4.77. The molecule has 1 aromatic carbocycles. The van der Waals surface area contributed by atoms with Crippen LogP contribution in [-0.2, 0) is 4.79 Å². The molecular formula is C17H11N5OS2. The van der Waals surface area contributed by atoms with Crippen LogP contribution in [0.1, 0.15) is 5.56 Å². The van der Waals surface area contributed by atoms with Crippen LogP contribution in [0.5, 0.6) is 0 Å². The molecule has 1 aliphatic heterocycles. The number of aromatic nitrogens is 3. The van der Waals surface area contributed by atoms with Crippen LogP contribution >= 0.6 is 24.0 Å². The van der Waals surface area contributed by atoms with Crippen molar-refractivity contribution in [2.75, 3.05) is 5.73 Å². The molecule has 122 valence electrons. The van der Waals surface area contributed by atoms with Gasteiger partial charge in [-0.3, -0.25) is 9.78 Å². The summed E-state index contributed by atoms with van der Waals surface area (Å²) in [7, 11) is 0. The molecule has 3 N–H and O–H groups in total. The third-order valence-electron chi connectivity index (χ3n) is 3.61. The highest BCUT2D eigenvalue weighted by Crippen LogP contribution is 2.28. The van der Waals surface area contributed by atoms with Gasteiger partial charge in [-0.15, -0.1) is 0 Å². The van der Waals surface area contributed by atoms with E-state index in [9.17, 15) is 4.79 Å². The van der Waals surface area contributed by atoms with Crippen LogP contribution in [0.25, 0.3) is 28.2 Å². The second-order valence-corrected chi connectivity index (χ2v) is 7.05. The highest BCUT2D eigenvalue weighted by Gasteiger charge is 2.21. The van der Waals surface area contributed by atoms with Gasteiger partial charge in [0.1, 0.15) is 9.84 Å². The lowest BCUT2D eigenvalue weighted by molar-refractivity contribution is -0.115. The van der Waals surface area contributed by atoms with Gasteiger partial charge in [0.2, 0.25) is 5.95 Å². The van der Waals surface area contributed by atoms with E-state index in [0.29, 0.717) is 20.3 Å². The van der Waals surface area contributed by atoms with Gasteiger partial charge in [0.15, 0.2) is 0 Å². The molecule has 0 bridgehead atoms. The van der Waals surface area contributed by atoms with E-state index in [1.165, 1.54) is 11.8 Å². The molecule has 1 aliphatic rings. The second kappa shape index (κ2) is 6.23. The molecule has 0 radical (unpaired) electrons. The SMILES string of the molecule is Nc1ncc2ncc(-c3cccc(/C=C4\SC(=S)NC4=O)c3)cc2n1. The molecule has 25 heavy (non-hydrogen) atoms. The van der Waals surface area contributed by atoms with E-state index in [4.69, 9.17) is 18.0 Å². The van der Waals surface area contributed by atoms with Crippen molar-refractivity contribution in [2.24, 2.45) is 0 Å². The molecule has 0 atom stereocenters. The Balaban J connectivity index is 1.73. The smallest absolute Gasteiger partial charge is 0.263 e. The number of pyridine rings is 1. The summed E-state index contributed by atoms with van der Waals surface area (Å²) in [5, 5.41) is 2.61. The van der Waals surface area contributed by atoms with E-state index in [2.05, 4.69) is 20.3 Å². The van der Waals surface area contributed by atoms with Gasteiger partial charge in [-0.25, -0.2) is 9.97 Å². The number of benzene rings is 1. The van der Waals surface area contributed by atoms with Gasteiger partial charge in [0.25, 0.3) is 5.91 Å². The Hall–Kier alpha value is -2.84. The summed E-state index contributed by atoms with van der Waals surface area (Å²) < 4.78 is 0.475. The number of rotatable bonds is 2. The summed E-state index contributed by atoms with van der Waals surface area (Å²) in [5.41, 5.74) is 9.79. The molecular weight excluding hydrogens is 354 g/mol. The quantitative estimate of drug-likeness (QED) is 0.533. The molecule has 3 aromatic rings. The first-order valence-electron chi connectivity index (χ1n) is 7.32. The zero-order valence-corrected chi connectivity index (χ0v) is 14.4. The van der Waals surface area contributed by atoms with Crippen LogP contribution in [-0.4, -0.2) is 25.2 Å². The van der Waals surface area contributed by atoms with E-state index in [1.807, 2.05) is 36.4 Å². The minimum absolute atomic E-state index is 0.167. The van der Waals surface area contributed by atoms with Gasteiger partial charge in [0, 0.05) is 11.8 Å². The molecule has 1 saturated heterocycles. The zero-order valence-electron chi connectivity index (χ0n) is 12.8. The molecule has 8 heteroatoms. The van der Waals surface area contributed by atoms with E-state index in [-0.39, 0.29) is 11.9 Å². The Morgan fingerprint density at radius 2 is 2.00 bits per heavy atom. The molecule has 4 rings (SSSR count). The Kier molecular flexibility index (Phi) is 3.90. The van der Waals surface area contributed by atoms with Crippen molar-refractivity contribution in [3.05, 3.63) is 53.2 Å². The topological polar surface area (TPSA) is 93.8 Å². The van der Waals surface area contributed by atoms with Crippen molar-refractivity contribution in [2.45, 2.75) is 0 Å². The van der Waals surface area contributed by atoms with Crippen molar-refractivity contribution in [3.8, 4) is 11.1 Å². The largest absolute Gasteiger partial charge is 0.368 e. The number of anilines is 1. The lowest BCUT2D eigenvalue weighted by Crippen LogP contribution is -2.17. The van der Waals surface area contributed by atoms with Crippen molar-refractivity contribution >= 4 is 57.3 Å². The minimum atomic E-state index is -0.167. The summed E-state index contributed by atoms with van der Waals surface area (Å²) >= 11 is 6.27. The molecule has 0 saturated carbocycles. The number of nitrogen functional groups attached to an aromatic ring is 1. The van der Waals surface area contributed by atoms with Crippen LogP contribution in [0.3, 0.4) is 0 Å². The monoisotopic (exact) mass is 365 g/mol. The molecule has 1 fully saturated rings. The standard InChI is InChI=1S/C17H11N5OS2/c18-16-20-8-13-12(21-16)6-11(7-19-13)10-3-1-2-9(4-10)5-14-15(23)22-17(24)25-14/h1-8H,(H2,18,20,21)(H,22,23,24)/b14-5-. The summed E-state index contributed by atoms with van der Waals surface area (Å²) in [6.07, 6.45) is 5.18. The highest BCUT2D eigenvalue weighted by molar-refractivity contribution is 8.26. The molecule has 6 nitrogen and oxygen atoms in total. The lowest BCUT2D eigenvalue weighted by atomic mass is 10.0. The van der Waals surface area contributed by atoms with Gasteiger partial charge < -0.3 is 11.1 Å². The molecule has 2 aromatic heterocycles. The molecule has 0 spiro atoms. The predicted molar refractivity (Wildman–Crippen MR) is 103 cm³/mol. The van der Waals surface area contributed by atoms with Crippen molar-refractivity contribution in [1.29, 1.82) is 0 Å². The number of fused-ring (bicyclic) bond motifs is 1. The normalized spacial score (nSPS) is 15.8. The van der Waals surface area contributed by atoms with Gasteiger partial charge >= 0.3 is 0 Å². The van der Waals surface area contributed by atoms with E-state index in [0.717, 1.165) is 16.7 Å². The third kappa shape index (κ3) is 3.21. The fourth-order valence-corrected chi connectivity index (χ4v) is 3.51. The number of thioether (sulfide) groups is 1. The Morgan fingerprint density at radius 1 is 1.12 bits per heavy atom. The van der Waals surface area contributed by atoms with Crippen LogP contribution in [0.2, 0.25) is 0 Å². The average molecular weight is 365 g/mol. The Morgan fingerprint density at radius 3 is 2.80 bits per heavy atom. The van der Waals surface area contributed by atoms with Gasteiger partial charge in [0.05, 0.1) is 16.6 Å². The maximum Gasteiger partial charge on any atom is 0.263 e. The van der Waals surface area contributed by atoms with Gasteiger partial charge in [-0.2, -0.15) is 0 Å². The fourth-order valence-electron chi connectivity index (χ4n) is 2.47. The maximum atomic E-state index is 11.8. The number of carbonyl (C=O) groups is 1. The van der Waals surface area contributed by atoms with Crippen LogP contribution in [0, 0.1) is 0 Å². The minimum Gasteiger partial charge on any atom is -0.368 e. The fraction of sp³-hybridized carbons (Fsp3) is 0. The van der Waals surface area contributed by atoms with E-state index < -0.39 is 0 Å². The number of thiocarbonyl (C=S) groups is 1. The molecule has 1 amide bonds. The summed E-state index contributed by atoms with van der Waals surface area (Å²) in [6.45, 7) is 0. The number of hydrogen-bond acceptors (Lipinski definition) is 7. The van der Waals surface area contributed by atoms with E-state index >= 15 is 0 Å². The second-order valence-electron chi connectivity index (χ2n) is 5.33. The average Bonchev–Trinajstić information content (AvgIpc) is 2.91. The number of hydrogen-bond donors (Lipinski definition) is 2. The lowest BCUT2D eigenvalue weighted by Gasteiger charge is -2.05. The Labute approximate surface area is 152 Å². The van der Waals surface area contributed by atoms with Crippen LogP contribution in [0.4, 0.5) is 5.95 Å². The number of amides is 1. The number of nitrogens with one attached hydrogen (secondary N) is 1. The highest BCUT2D eigenvalue weighted by atomic mass is 32.2.